The maximum atomic E-state index is 12.9. The second-order valence-corrected chi connectivity index (χ2v) is 10.6. The second kappa shape index (κ2) is 8.95. The Balaban J connectivity index is 0.00000272. The van der Waals surface area contributed by atoms with Gasteiger partial charge in [-0.2, -0.15) is 0 Å². The third-order valence-electron chi connectivity index (χ3n) is 9.58. The van der Waals surface area contributed by atoms with E-state index in [1.807, 2.05) is 0 Å². The summed E-state index contributed by atoms with van der Waals surface area (Å²) in [6, 6.07) is 0. The van der Waals surface area contributed by atoms with Gasteiger partial charge >= 0.3 is 57.4 Å². The van der Waals surface area contributed by atoms with E-state index >= 15 is 0 Å². The van der Waals surface area contributed by atoms with E-state index in [0.29, 0.717) is 19.3 Å². The average molecular weight is 457 g/mol. The summed E-state index contributed by atoms with van der Waals surface area (Å²) in [5, 5.41) is 22.6. The molecule has 4 aliphatic carbocycles. The standard InChI is InChI=1S/C24H34O6.K/c1-22-8-4-15(25)12-14(22)13-16(21(28)30-3)20-17(22)5-9-23(2)18(20)6-10-24(23,29)11-7-19(26)27;/h12,16-18,20,29H,4-11,13H2,1-3H3,(H,26,27);/q;+1/p-1/t16-,17?,18?,20?,22?,23?,24-;/m1./s1. The molecular formula is C24H33KO6. The van der Waals surface area contributed by atoms with Crippen molar-refractivity contribution < 1.29 is 80.7 Å². The summed E-state index contributed by atoms with van der Waals surface area (Å²) in [4.78, 5) is 36.1. The minimum absolute atomic E-state index is 0. The fraction of sp³-hybridized carbons (Fsp3) is 0.792. The van der Waals surface area contributed by atoms with Crippen molar-refractivity contribution in [2.45, 2.75) is 77.2 Å². The number of fused-ring (bicyclic) bond motifs is 5. The number of allylic oxidation sites excluding steroid dienone is 1. The van der Waals surface area contributed by atoms with Crippen molar-refractivity contribution >= 4 is 17.7 Å². The molecule has 4 rings (SSSR count). The normalized spacial score (nSPS) is 43.6. The van der Waals surface area contributed by atoms with E-state index in [1.54, 1.807) is 6.08 Å². The SMILES string of the molecule is COC(=O)[C@@H]1CC2=CC(=O)CCC2(C)C2CCC3(C)C(CC[C@@]3(O)CCC(=O)[O-])C21.[K+]. The summed E-state index contributed by atoms with van der Waals surface area (Å²) in [7, 11) is 1.42. The molecule has 166 valence electrons. The van der Waals surface area contributed by atoms with Crippen molar-refractivity contribution in [3.63, 3.8) is 0 Å². The molecule has 0 aromatic heterocycles. The molecule has 7 heteroatoms. The Morgan fingerprint density at radius 2 is 1.87 bits per heavy atom. The number of aliphatic hydroxyl groups is 1. The zero-order valence-corrected chi connectivity index (χ0v) is 22.4. The Hall–Kier alpha value is -0.0536. The van der Waals surface area contributed by atoms with Crippen molar-refractivity contribution in [1.82, 2.24) is 0 Å². The zero-order valence-electron chi connectivity index (χ0n) is 19.2. The van der Waals surface area contributed by atoms with Crippen molar-refractivity contribution in [3.8, 4) is 0 Å². The van der Waals surface area contributed by atoms with Crippen LogP contribution in [0.15, 0.2) is 11.6 Å². The predicted molar refractivity (Wildman–Crippen MR) is 107 cm³/mol. The Kier molecular flexibility index (Phi) is 7.38. The molecule has 0 amide bonds. The van der Waals surface area contributed by atoms with Gasteiger partial charge in [0.05, 0.1) is 18.6 Å². The third kappa shape index (κ3) is 3.95. The molecule has 0 saturated heterocycles. The number of carbonyl (C=O) groups is 3. The molecular weight excluding hydrogens is 423 g/mol. The molecule has 0 aromatic rings. The van der Waals surface area contributed by atoms with Crippen molar-refractivity contribution in [1.29, 1.82) is 0 Å². The summed E-state index contributed by atoms with van der Waals surface area (Å²) >= 11 is 0. The van der Waals surface area contributed by atoms with Gasteiger partial charge in [0.15, 0.2) is 5.78 Å². The molecule has 1 N–H and O–H groups in total. The van der Waals surface area contributed by atoms with Crippen LogP contribution in [-0.4, -0.2) is 35.5 Å². The van der Waals surface area contributed by atoms with E-state index in [0.717, 1.165) is 31.3 Å². The Morgan fingerprint density at radius 3 is 2.52 bits per heavy atom. The summed E-state index contributed by atoms with van der Waals surface area (Å²) in [5.74, 6) is -1.09. The van der Waals surface area contributed by atoms with Crippen LogP contribution in [0.5, 0.6) is 0 Å². The van der Waals surface area contributed by atoms with Crippen LogP contribution in [0.1, 0.15) is 71.6 Å². The number of hydrogen-bond acceptors (Lipinski definition) is 6. The fourth-order valence-corrected chi connectivity index (χ4v) is 7.79. The molecule has 5 unspecified atom stereocenters. The average Bonchev–Trinajstić information content (AvgIpc) is 2.97. The number of rotatable bonds is 4. The van der Waals surface area contributed by atoms with Crippen molar-refractivity contribution in [3.05, 3.63) is 11.6 Å². The number of aliphatic carboxylic acids is 1. The van der Waals surface area contributed by atoms with Crippen LogP contribution in [0.25, 0.3) is 0 Å². The number of ether oxygens (including phenoxy) is 1. The molecule has 0 radical (unpaired) electrons. The number of methoxy groups -OCH3 is 1. The molecule has 0 aromatic carbocycles. The van der Waals surface area contributed by atoms with Crippen LogP contribution in [0.4, 0.5) is 0 Å². The summed E-state index contributed by atoms with van der Waals surface area (Å²) in [5.41, 5.74) is -0.499. The van der Waals surface area contributed by atoms with E-state index in [2.05, 4.69) is 13.8 Å². The number of carbonyl (C=O) groups excluding carboxylic acids is 3. The van der Waals surface area contributed by atoms with Crippen LogP contribution in [-0.2, 0) is 19.1 Å². The van der Waals surface area contributed by atoms with E-state index < -0.39 is 17.0 Å². The first kappa shape index (κ1) is 25.6. The van der Waals surface area contributed by atoms with Crippen LogP contribution >= 0.6 is 0 Å². The Labute approximate surface area is 227 Å². The largest absolute Gasteiger partial charge is 1.00 e. The van der Waals surface area contributed by atoms with Gasteiger partial charge in [-0.3, -0.25) is 9.59 Å². The molecule has 0 aliphatic heterocycles. The maximum Gasteiger partial charge on any atom is 1.00 e. The number of ketones is 1. The van der Waals surface area contributed by atoms with Crippen molar-refractivity contribution in [2.24, 2.45) is 34.5 Å². The molecule has 0 spiro atoms. The van der Waals surface area contributed by atoms with Gasteiger partial charge in [-0.25, -0.2) is 0 Å². The second-order valence-electron chi connectivity index (χ2n) is 10.6. The van der Waals surface area contributed by atoms with Gasteiger partial charge in [0.25, 0.3) is 0 Å². The maximum absolute atomic E-state index is 12.9. The monoisotopic (exact) mass is 456 g/mol. The van der Waals surface area contributed by atoms with E-state index in [1.165, 1.54) is 7.11 Å². The van der Waals surface area contributed by atoms with E-state index in [9.17, 15) is 24.6 Å². The molecule has 7 atom stereocenters. The molecule has 0 heterocycles. The van der Waals surface area contributed by atoms with E-state index in [-0.39, 0.29) is 105 Å². The molecule has 6 nitrogen and oxygen atoms in total. The van der Waals surface area contributed by atoms with Gasteiger partial charge in [-0.05, 0) is 86.0 Å². The van der Waals surface area contributed by atoms with Crippen LogP contribution < -0.4 is 56.5 Å². The number of hydrogen-bond donors (Lipinski definition) is 1. The smallest absolute Gasteiger partial charge is 0.550 e. The molecule has 0 bridgehead atoms. The molecule has 4 aliphatic rings. The quantitative estimate of drug-likeness (QED) is 0.438. The van der Waals surface area contributed by atoms with Gasteiger partial charge in [0.1, 0.15) is 0 Å². The van der Waals surface area contributed by atoms with Gasteiger partial charge in [0, 0.05) is 12.4 Å². The van der Waals surface area contributed by atoms with Crippen LogP contribution in [0.2, 0.25) is 0 Å². The predicted octanol–water partition coefficient (Wildman–Crippen LogP) is -0.817. The molecule has 31 heavy (non-hydrogen) atoms. The van der Waals surface area contributed by atoms with Gasteiger partial charge in [-0.15, -0.1) is 0 Å². The first-order valence-electron chi connectivity index (χ1n) is 11.3. The van der Waals surface area contributed by atoms with Gasteiger partial charge in [-0.1, -0.05) is 19.4 Å². The number of carboxylic acids is 1. The van der Waals surface area contributed by atoms with Crippen LogP contribution in [0.3, 0.4) is 0 Å². The first-order valence-corrected chi connectivity index (χ1v) is 11.3. The molecule has 3 saturated carbocycles. The number of esters is 1. The van der Waals surface area contributed by atoms with E-state index in [4.69, 9.17) is 4.74 Å². The fourth-order valence-electron chi connectivity index (χ4n) is 7.79. The topological polar surface area (TPSA) is 104 Å². The van der Waals surface area contributed by atoms with Gasteiger partial charge in [0.2, 0.25) is 0 Å². The summed E-state index contributed by atoms with van der Waals surface area (Å²) < 4.78 is 5.19. The summed E-state index contributed by atoms with van der Waals surface area (Å²) in [6.45, 7) is 4.33. The van der Waals surface area contributed by atoms with Crippen molar-refractivity contribution in [2.75, 3.05) is 7.11 Å². The minimum atomic E-state index is -1.14. The van der Waals surface area contributed by atoms with Crippen LogP contribution in [0, 0.1) is 34.5 Å². The minimum Gasteiger partial charge on any atom is -0.550 e. The van der Waals surface area contributed by atoms with Gasteiger partial charge < -0.3 is 19.7 Å². The zero-order chi connectivity index (χ0) is 21.9. The first-order chi connectivity index (χ1) is 14.1. The number of carboxylic acid groups (broad SMARTS) is 1. The molecule has 3 fully saturated rings. The Morgan fingerprint density at radius 1 is 1.19 bits per heavy atom. The summed E-state index contributed by atoms with van der Waals surface area (Å²) in [6.07, 6.45) is 6.70. The third-order valence-corrected chi connectivity index (χ3v) is 9.58. The Bertz CT molecular complexity index is 808.